The monoisotopic (exact) mass is 231 g/mol. The van der Waals surface area contributed by atoms with Gasteiger partial charge in [0.2, 0.25) is 0 Å². The zero-order valence-corrected chi connectivity index (χ0v) is 8.47. The van der Waals surface area contributed by atoms with Gasteiger partial charge < -0.3 is 10.0 Å². The van der Waals surface area contributed by atoms with Gasteiger partial charge in [-0.25, -0.2) is 0 Å². The van der Waals surface area contributed by atoms with Crippen LogP contribution in [-0.4, -0.2) is 17.2 Å². The van der Waals surface area contributed by atoms with Crippen LogP contribution >= 0.6 is 0 Å². The van der Waals surface area contributed by atoms with Crippen LogP contribution in [0.5, 0.6) is 0 Å². The molecule has 0 fully saturated rings. The third kappa shape index (κ3) is 1.70. The second kappa shape index (κ2) is 3.88. The predicted molar refractivity (Wildman–Crippen MR) is 71.3 cm³/mol. The molecule has 0 aliphatic carbocycles. The van der Waals surface area contributed by atoms with Crippen LogP contribution in [0.4, 0.5) is 0 Å². The molecule has 0 unspecified atom stereocenters. The molecule has 0 aliphatic rings. The van der Waals surface area contributed by atoms with Crippen LogP contribution in [0.1, 0.15) is 12.3 Å². The van der Waals surface area contributed by atoms with Crippen LogP contribution in [0, 0.1) is 0 Å². The van der Waals surface area contributed by atoms with Gasteiger partial charge in [-0.2, -0.15) is 0 Å². The summed E-state index contributed by atoms with van der Waals surface area (Å²) < 4.78 is 72.1. The summed E-state index contributed by atoms with van der Waals surface area (Å²) in [6.45, 7) is 0. The lowest BCUT2D eigenvalue weighted by atomic mass is 9.79. The van der Waals surface area contributed by atoms with E-state index in [2.05, 4.69) is 0 Å². The third-order valence-corrected chi connectivity index (χ3v) is 2.34. The summed E-state index contributed by atoms with van der Waals surface area (Å²) in [5.74, 6) is 0. The molecule has 0 aromatic heterocycles. The average Bonchev–Trinajstić information content (AvgIpc) is 2.57. The first-order valence-corrected chi connectivity index (χ1v) is 4.81. The molecule has 0 heterocycles. The van der Waals surface area contributed by atoms with Crippen LogP contribution in [0.3, 0.4) is 0 Å². The SMILES string of the molecule is [2H]c1c([2H])c([2H])c2c(c1[2H])c([2H])c([2H])c1c([2H])c([2H])c(B(O)O)c([2H])c12. The van der Waals surface area contributed by atoms with Crippen LogP contribution < -0.4 is 5.46 Å². The van der Waals surface area contributed by atoms with E-state index in [-0.39, 0.29) is 21.5 Å². The third-order valence-electron chi connectivity index (χ3n) is 2.34. The van der Waals surface area contributed by atoms with Gasteiger partial charge in [-0.15, -0.1) is 0 Å². The van der Waals surface area contributed by atoms with Gasteiger partial charge in [0.25, 0.3) is 0 Å². The Morgan fingerprint density at radius 3 is 2.24 bits per heavy atom. The maximum Gasteiger partial charge on any atom is 0.488 e. The minimum Gasteiger partial charge on any atom is -0.423 e. The molecule has 0 radical (unpaired) electrons. The van der Waals surface area contributed by atoms with E-state index in [1.807, 2.05) is 0 Å². The van der Waals surface area contributed by atoms with E-state index >= 15 is 0 Å². The Morgan fingerprint density at radius 2 is 1.47 bits per heavy atom. The molecule has 0 saturated heterocycles. The van der Waals surface area contributed by atoms with E-state index < -0.39 is 67.0 Å². The fourth-order valence-corrected chi connectivity index (χ4v) is 1.55. The predicted octanol–water partition coefficient (Wildman–Crippen LogP) is 1.67. The molecule has 82 valence electrons. The summed E-state index contributed by atoms with van der Waals surface area (Å²) in [5.41, 5.74) is -0.603. The number of benzene rings is 3. The van der Waals surface area contributed by atoms with Crippen molar-refractivity contribution in [1.29, 1.82) is 0 Å². The zero-order chi connectivity index (χ0) is 19.7. The molecule has 3 aromatic carbocycles. The van der Waals surface area contributed by atoms with Gasteiger partial charge in [0.15, 0.2) is 0 Å². The van der Waals surface area contributed by atoms with Crippen molar-refractivity contribution in [3.8, 4) is 0 Å². The van der Waals surface area contributed by atoms with E-state index in [1.54, 1.807) is 0 Å². The molecule has 0 aliphatic heterocycles. The summed E-state index contributed by atoms with van der Waals surface area (Å²) in [6, 6.07) is -5.40. The molecule has 0 amide bonds. The highest BCUT2D eigenvalue weighted by molar-refractivity contribution is 6.59. The Bertz CT molecular complexity index is 1110. The summed E-state index contributed by atoms with van der Waals surface area (Å²) in [5, 5.41) is 17.8. The first-order chi connectivity index (χ1) is 12.0. The van der Waals surface area contributed by atoms with Gasteiger partial charge in [0.1, 0.15) is 0 Å². The van der Waals surface area contributed by atoms with Crippen molar-refractivity contribution >= 4 is 34.1 Å². The quantitative estimate of drug-likeness (QED) is 0.494. The molecule has 0 spiro atoms. The summed E-state index contributed by atoms with van der Waals surface area (Å²) >= 11 is 0. The van der Waals surface area contributed by atoms with E-state index in [1.165, 1.54) is 0 Å². The molecular formula is C14H11BO2. The second-order valence-corrected chi connectivity index (χ2v) is 3.41. The van der Waals surface area contributed by atoms with E-state index in [9.17, 15) is 10.0 Å². The Morgan fingerprint density at radius 1 is 0.824 bits per heavy atom. The highest BCUT2D eigenvalue weighted by Gasteiger charge is 2.11. The van der Waals surface area contributed by atoms with Crippen molar-refractivity contribution in [3.05, 3.63) is 54.4 Å². The molecule has 0 atom stereocenters. The molecule has 3 aromatic rings. The Balaban J connectivity index is 2.84. The minimum absolute atomic E-state index is 0.257. The minimum atomic E-state index is -2.25. The second-order valence-electron chi connectivity index (χ2n) is 3.41. The number of rotatable bonds is 1. The topological polar surface area (TPSA) is 40.5 Å². The maximum absolute atomic E-state index is 9.49. The molecular weight excluding hydrogens is 211 g/mol. The highest BCUT2D eigenvalue weighted by Crippen LogP contribution is 2.24. The summed E-state index contributed by atoms with van der Waals surface area (Å²) in [6.07, 6.45) is 0. The van der Waals surface area contributed by atoms with Crippen LogP contribution in [0.15, 0.2) is 54.4 Å². The highest BCUT2D eigenvalue weighted by atomic mass is 16.4. The van der Waals surface area contributed by atoms with E-state index in [0.717, 1.165) is 0 Å². The number of fused-ring (bicyclic) bond motifs is 3. The van der Waals surface area contributed by atoms with Gasteiger partial charge in [-0.05, 0) is 27.0 Å². The van der Waals surface area contributed by atoms with Crippen molar-refractivity contribution < 1.29 is 22.4 Å². The molecule has 2 N–H and O–H groups in total. The molecule has 0 bridgehead atoms. The fraction of sp³-hybridized carbons (Fsp3) is 0. The molecule has 17 heavy (non-hydrogen) atoms. The van der Waals surface area contributed by atoms with Crippen molar-refractivity contribution in [2.24, 2.45) is 0 Å². The van der Waals surface area contributed by atoms with Crippen molar-refractivity contribution in [2.45, 2.75) is 0 Å². The van der Waals surface area contributed by atoms with Crippen LogP contribution in [0.2, 0.25) is 0 Å². The average molecular weight is 231 g/mol. The van der Waals surface area contributed by atoms with Gasteiger partial charge in [0.05, 0.1) is 12.3 Å². The van der Waals surface area contributed by atoms with Crippen LogP contribution in [-0.2, 0) is 0 Å². The molecule has 2 nitrogen and oxygen atoms in total. The first kappa shape index (κ1) is 4.44. The van der Waals surface area contributed by atoms with Crippen LogP contribution in [0.25, 0.3) is 21.5 Å². The van der Waals surface area contributed by atoms with Gasteiger partial charge in [-0.1, -0.05) is 54.4 Å². The summed E-state index contributed by atoms with van der Waals surface area (Å²) in [4.78, 5) is 0. The first-order valence-electron chi connectivity index (χ1n) is 9.31. The van der Waals surface area contributed by atoms with Crippen molar-refractivity contribution in [1.82, 2.24) is 0 Å². The maximum atomic E-state index is 9.49. The molecule has 3 rings (SSSR count). The van der Waals surface area contributed by atoms with Crippen molar-refractivity contribution in [2.75, 3.05) is 0 Å². The van der Waals surface area contributed by atoms with E-state index in [4.69, 9.17) is 12.3 Å². The van der Waals surface area contributed by atoms with Gasteiger partial charge >= 0.3 is 7.12 Å². The Kier molecular flexibility index (Phi) is 1.01. The largest absolute Gasteiger partial charge is 0.488 e. The smallest absolute Gasteiger partial charge is 0.423 e. The fourth-order valence-electron chi connectivity index (χ4n) is 1.55. The molecule has 0 saturated carbocycles. The molecule has 3 heteroatoms. The summed E-state index contributed by atoms with van der Waals surface area (Å²) in [7, 11) is -2.25. The Hall–Kier alpha value is -1.84. The van der Waals surface area contributed by atoms with Crippen molar-refractivity contribution in [3.63, 3.8) is 0 Å². The number of hydrogen-bond acceptors (Lipinski definition) is 2. The number of hydrogen-bond donors (Lipinski definition) is 2. The normalized spacial score (nSPS) is 18.4. The standard InChI is InChI=1S/C14H11BO2/c16-15(17)12-8-7-11-6-5-10-3-1-2-4-13(10)14(11)9-12/h1-9,16-17H/i1D,2D,3D,4D,5D,6D,7D,8D,9D. The van der Waals surface area contributed by atoms with E-state index in [0.29, 0.717) is 0 Å². The van der Waals surface area contributed by atoms with Gasteiger partial charge in [-0.3, -0.25) is 0 Å². The van der Waals surface area contributed by atoms with Gasteiger partial charge in [0, 0.05) is 0 Å². The zero-order valence-electron chi connectivity index (χ0n) is 17.5. The lowest BCUT2D eigenvalue weighted by Gasteiger charge is -2.06. The lowest BCUT2D eigenvalue weighted by molar-refractivity contribution is 0.426. The Labute approximate surface area is 112 Å². The lowest BCUT2D eigenvalue weighted by Crippen LogP contribution is -2.29.